The van der Waals surface area contributed by atoms with Gasteiger partial charge in [-0.05, 0) is 66.4 Å². The van der Waals surface area contributed by atoms with Crippen LogP contribution in [0.3, 0.4) is 0 Å². The van der Waals surface area contributed by atoms with E-state index in [1.165, 1.54) is 22.3 Å². The highest BCUT2D eigenvalue weighted by Gasteiger charge is 2.30. The summed E-state index contributed by atoms with van der Waals surface area (Å²) >= 11 is 1.78. The molecule has 0 fully saturated rings. The first-order chi connectivity index (χ1) is 10.00. The number of hydrogen-bond donors (Lipinski definition) is 1. The van der Waals surface area contributed by atoms with Crippen LogP contribution in [-0.4, -0.2) is 12.1 Å². The van der Waals surface area contributed by atoms with Gasteiger partial charge in [0, 0.05) is 6.42 Å². The molecule has 1 aliphatic heterocycles. The van der Waals surface area contributed by atoms with Crippen molar-refractivity contribution < 1.29 is 4.74 Å². The minimum absolute atomic E-state index is 0.0765. The number of nitrogens with one attached hydrogen (secondary N) is 1. The molecular weight excluding hydrogens is 278 g/mol. The molecule has 2 heterocycles. The standard InChI is InChI=1S/C18H23NOS/c1-5-19-17(15-11-21-10-12(15)2)13-6-7-16-14(8-13)9-18(3,4)20-16/h6-8,10-11,17,19H,5,9H2,1-4H3. The van der Waals surface area contributed by atoms with Crippen molar-refractivity contribution in [3.63, 3.8) is 0 Å². The van der Waals surface area contributed by atoms with E-state index in [0.717, 1.165) is 18.7 Å². The molecule has 0 bridgehead atoms. The van der Waals surface area contributed by atoms with E-state index < -0.39 is 0 Å². The largest absolute Gasteiger partial charge is 0.487 e. The average molecular weight is 301 g/mol. The van der Waals surface area contributed by atoms with Crippen LogP contribution in [0.15, 0.2) is 29.0 Å². The van der Waals surface area contributed by atoms with Crippen LogP contribution in [0.25, 0.3) is 0 Å². The first-order valence-electron chi connectivity index (χ1n) is 7.58. The first kappa shape index (κ1) is 14.6. The molecule has 2 aromatic rings. The molecule has 1 unspecified atom stereocenters. The van der Waals surface area contributed by atoms with E-state index in [-0.39, 0.29) is 11.6 Å². The quantitative estimate of drug-likeness (QED) is 0.899. The zero-order valence-corrected chi connectivity index (χ0v) is 14.0. The monoisotopic (exact) mass is 301 g/mol. The molecule has 0 saturated carbocycles. The average Bonchev–Trinajstić information content (AvgIpc) is 2.96. The lowest BCUT2D eigenvalue weighted by Crippen LogP contribution is -2.24. The Balaban J connectivity index is 1.97. The van der Waals surface area contributed by atoms with Crippen LogP contribution in [0.1, 0.15) is 49.1 Å². The maximum atomic E-state index is 5.99. The van der Waals surface area contributed by atoms with Crippen LogP contribution in [-0.2, 0) is 6.42 Å². The number of benzene rings is 1. The van der Waals surface area contributed by atoms with Gasteiger partial charge in [-0.2, -0.15) is 11.3 Å². The van der Waals surface area contributed by atoms with Crippen molar-refractivity contribution in [3.05, 3.63) is 51.2 Å². The first-order valence-corrected chi connectivity index (χ1v) is 8.52. The second-order valence-corrected chi connectivity index (χ2v) is 7.15. The molecule has 1 aliphatic rings. The maximum Gasteiger partial charge on any atom is 0.123 e. The number of fused-ring (bicyclic) bond motifs is 1. The molecule has 0 amide bonds. The van der Waals surface area contributed by atoms with Gasteiger partial charge in [0.15, 0.2) is 0 Å². The molecule has 21 heavy (non-hydrogen) atoms. The zero-order valence-electron chi connectivity index (χ0n) is 13.2. The van der Waals surface area contributed by atoms with Gasteiger partial charge in [-0.3, -0.25) is 0 Å². The molecule has 1 N–H and O–H groups in total. The lowest BCUT2D eigenvalue weighted by molar-refractivity contribution is 0.138. The van der Waals surface area contributed by atoms with E-state index in [9.17, 15) is 0 Å². The third kappa shape index (κ3) is 2.85. The molecule has 0 saturated heterocycles. The van der Waals surface area contributed by atoms with Crippen molar-refractivity contribution in [2.45, 2.75) is 45.8 Å². The van der Waals surface area contributed by atoms with Crippen molar-refractivity contribution in [1.29, 1.82) is 0 Å². The second-order valence-electron chi connectivity index (χ2n) is 6.41. The summed E-state index contributed by atoms with van der Waals surface area (Å²) < 4.78 is 5.99. The maximum absolute atomic E-state index is 5.99. The molecule has 1 aromatic carbocycles. The third-order valence-corrected chi connectivity index (χ3v) is 4.91. The molecular formula is C18H23NOS. The Bertz CT molecular complexity index is 644. The summed E-state index contributed by atoms with van der Waals surface area (Å²) in [7, 11) is 0. The van der Waals surface area contributed by atoms with E-state index >= 15 is 0 Å². The van der Waals surface area contributed by atoms with E-state index in [1.807, 2.05) is 0 Å². The second kappa shape index (κ2) is 5.47. The van der Waals surface area contributed by atoms with Crippen LogP contribution in [0.2, 0.25) is 0 Å². The number of thiophene rings is 1. The summed E-state index contributed by atoms with van der Waals surface area (Å²) in [4.78, 5) is 0. The zero-order chi connectivity index (χ0) is 15.0. The predicted molar refractivity (Wildman–Crippen MR) is 89.4 cm³/mol. The van der Waals surface area contributed by atoms with Crippen LogP contribution in [0, 0.1) is 6.92 Å². The van der Waals surface area contributed by atoms with E-state index in [4.69, 9.17) is 4.74 Å². The Labute approximate surface area is 131 Å². The van der Waals surface area contributed by atoms with Crippen LogP contribution >= 0.6 is 11.3 Å². The minimum atomic E-state index is -0.0765. The normalized spacial score (nSPS) is 17.3. The summed E-state index contributed by atoms with van der Waals surface area (Å²) in [6.07, 6.45) is 0.984. The fourth-order valence-electron chi connectivity index (χ4n) is 3.09. The summed E-state index contributed by atoms with van der Waals surface area (Å²) in [5.74, 6) is 1.04. The third-order valence-electron chi connectivity index (χ3n) is 4.03. The van der Waals surface area contributed by atoms with Gasteiger partial charge in [-0.25, -0.2) is 0 Å². The molecule has 0 radical (unpaired) electrons. The van der Waals surface area contributed by atoms with Crippen LogP contribution < -0.4 is 10.1 Å². The van der Waals surface area contributed by atoms with Gasteiger partial charge in [0.2, 0.25) is 0 Å². The lowest BCUT2D eigenvalue weighted by Gasteiger charge is -2.19. The van der Waals surface area contributed by atoms with Crippen LogP contribution in [0.4, 0.5) is 0 Å². The van der Waals surface area contributed by atoms with Gasteiger partial charge in [0.25, 0.3) is 0 Å². The van der Waals surface area contributed by atoms with E-state index in [0.29, 0.717) is 0 Å². The number of rotatable bonds is 4. The number of aryl methyl sites for hydroxylation is 1. The summed E-state index contributed by atoms with van der Waals surface area (Å²) in [6, 6.07) is 6.92. The van der Waals surface area contributed by atoms with Crippen LogP contribution in [0.5, 0.6) is 5.75 Å². The lowest BCUT2D eigenvalue weighted by atomic mass is 9.94. The molecule has 3 rings (SSSR count). The predicted octanol–water partition coefficient (Wildman–Crippen LogP) is 4.47. The highest BCUT2D eigenvalue weighted by Crippen LogP contribution is 2.37. The molecule has 1 aromatic heterocycles. The molecule has 0 aliphatic carbocycles. The Kier molecular flexibility index (Phi) is 3.80. The highest BCUT2D eigenvalue weighted by atomic mass is 32.1. The summed E-state index contributed by atoms with van der Waals surface area (Å²) in [6.45, 7) is 9.61. The van der Waals surface area contributed by atoms with E-state index in [1.54, 1.807) is 11.3 Å². The highest BCUT2D eigenvalue weighted by molar-refractivity contribution is 7.08. The van der Waals surface area contributed by atoms with E-state index in [2.05, 4.69) is 62.0 Å². The van der Waals surface area contributed by atoms with Gasteiger partial charge in [-0.15, -0.1) is 0 Å². The summed E-state index contributed by atoms with van der Waals surface area (Å²) in [5.41, 5.74) is 5.34. The van der Waals surface area contributed by atoms with Gasteiger partial charge < -0.3 is 10.1 Å². The van der Waals surface area contributed by atoms with Gasteiger partial charge in [0.05, 0.1) is 6.04 Å². The van der Waals surface area contributed by atoms with Crippen molar-refractivity contribution >= 4 is 11.3 Å². The Morgan fingerprint density at radius 3 is 2.81 bits per heavy atom. The van der Waals surface area contributed by atoms with Crippen molar-refractivity contribution in [3.8, 4) is 5.75 Å². The topological polar surface area (TPSA) is 21.3 Å². The number of ether oxygens (including phenoxy) is 1. The van der Waals surface area contributed by atoms with Crippen molar-refractivity contribution in [2.24, 2.45) is 0 Å². The molecule has 112 valence electrons. The fourth-order valence-corrected chi connectivity index (χ4v) is 3.96. The molecule has 2 nitrogen and oxygen atoms in total. The molecule has 1 atom stereocenters. The smallest absolute Gasteiger partial charge is 0.123 e. The van der Waals surface area contributed by atoms with Crippen molar-refractivity contribution in [1.82, 2.24) is 5.32 Å². The fraction of sp³-hybridized carbons (Fsp3) is 0.444. The Hall–Kier alpha value is -1.32. The van der Waals surface area contributed by atoms with Crippen molar-refractivity contribution in [2.75, 3.05) is 6.54 Å². The van der Waals surface area contributed by atoms with Gasteiger partial charge >= 0.3 is 0 Å². The summed E-state index contributed by atoms with van der Waals surface area (Å²) in [5, 5.41) is 8.10. The van der Waals surface area contributed by atoms with Gasteiger partial charge in [0.1, 0.15) is 11.4 Å². The minimum Gasteiger partial charge on any atom is -0.487 e. The Morgan fingerprint density at radius 2 is 2.14 bits per heavy atom. The SMILES string of the molecule is CCNC(c1ccc2c(c1)CC(C)(C)O2)c1cscc1C. The molecule has 3 heteroatoms. The van der Waals surface area contributed by atoms with Gasteiger partial charge in [-0.1, -0.05) is 19.1 Å². The molecule has 0 spiro atoms. The Morgan fingerprint density at radius 1 is 1.33 bits per heavy atom. The number of hydrogen-bond acceptors (Lipinski definition) is 3.